The number of pyridine rings is 1. The molecule has 2 heterocycles. The van der Waals surface area contributed by atoms with Crippen LogP contribution in [0, 0.1) is 5.92 Å². The van der Waals surface area contributed by atoms with Gasteiger partial charge in [0.15, 0.2) is 5.82 Å². The van der Waals surface area contributed by atoms with Crippen LogP contribution < -0.4 is 0 Å². The fourth-order valence-electron chi connectivity index (χ4n) is 4.70. The van der Waals surface area contributed by atoms with Gasteiger partial charge in [-0.05, 0) is 72.9 Å². The van der Waals surface area contributed by atoms with Crippen molar-refractivity contribution in [2.75, 3.05) is 0 Å². The summed E-state index contributed by atoms with van der Waals surface area (Å²) >= 11 is 3.49. The van der Waals surface area contributed by atoms with Gasteiger partial charge in [0.25, 0.3) is 0 Å². The van der Waals surface area contributed by atoms with Crippen molar-refractivity contribution < 1.29 is 9.90 Å². The molecular formula is C26H24BrN3O2. The van der Waals surface area contributed by atoms with Crippen molar-refractivity contribution in [1.82, 2.24) is 15.0 Å². The first-order valence-corrected chi connectivity index (χ1v) is 11.8. The van der Waals surface area contributed by atoms with E-state index in [9.17, 15) is 4.79 Å². The van der Waals surface area contributed by atoms with Gasteiger partial charge >= 0.3 is 5.97 Å². The van der Waals surface area contributed by atoms with E-state index in [-0.39, 0.29) is 0 Å². The number of carbonyl (C=O) groups is 1. The highest BCUT2D eigenvalue weighted by atomic mass is 79.9. The normalized spacial score (nSPS) is 18.7. The zero-order chi connectivity index (χ0) is 22.1. The molecule has 0 bridgehead atoms. The van der Waals surface area contributed by atoms with Crippen LogP contribution in [-0.2, 0) is 4.79 Å². The second kappa shape index (κ2) is 8.87. The van der Waals surface area contributed by atoms with Crippen molar-refractivity contribution in [3.05, 3.63) is 70.8 Å². The average Bonchev–Trinajstić information content (AvgIpc) is 3.23. The predicted octanol–water partition coefficient (Wildman–Crippen LogP) is 6.80. The Labute approximate surface area is 195 Å². The lowest BCUT2D eigenvalue weighted by Crippen LogP contribution is -2.16. The SMILES string of the molecule is O=C(O)CC1CCC(c2ccc(-c3ccc(-c4nc5ccc(Br)cc5[nH]4)nc3)cc2)CC1. The van der Waals surface area contributed by atoms with Gasteiger partial charge in [0, 0.05) is 22.7 Å². The number of hydrogen-bond acceptors (Lipinski definition) is 3. The third-order valence-corrected chi connectivity index (χ3v) is 6.97. The molecule has 32 heavy (non-hydrogen) atoms. The second-order valence-electron chi connectivity index (χ2n) is 8.62. The first kappa shape index (κ1) is 20.9. The number of aromatic amines is 1. The summed E-state index contributed by atoms with van der Waals surface area (Å²) in [6.07, 6.45) is 6.35. The van der Waals surface area contributed by atoms with Gasteiger partial charge in [0.05, 0.1) is 11.0 Å². The van der Waals surface area contributed by atoms with Crippen molar-refractivity contribution in [1.29, 1.82) is 0 Å². The molecule has 162 valence electrons. The Bertz CT molecular complexity index is 1240. The Balaban J connectivity index is 1.27. The van der Waals surface area contributed by atoms with E-state index < -0.39 is 5.97 Å². The minimum Gasteiger partial charge on any atom is -0.481 e. The van der Waals surface area contributed by atoms with E-state index in [2.05, 4.69) is 61.2 Å². The molecule has 0 atom stereocenters. The summed E-state index contributed by atoms with van der Waals surface area (Å²) in [5.41, 5.74) is 6.27. The van der Waals surface area contributed by atoms with Gasteiger partial charge in [-0.3, -0.25) is 9.78 Å². The molecule has 5 rings (SSSR count). The molecule has 0 spiro atoms. The molecule has 1 saturated carbocycles. The van der Waals surface area contributed by atoms with Crippen LogP contribution in [-0.4, -0.2) is 26.0 Å². The maximum Gasteiger partial charge on any atom is 0.303 e. The number of aromatic nitrogens is 3. The van der Waals surface area contributed by atoms with E-state index in [1.54, 1.807) is 0 Å². The summed E-state index contributed by atoms with van der Waals surface area (Å²) in [5, 5.41) is 9.00. The lowest BCUT2D eigenvalue weighted by Gasteiger charge is -2.28. The fourth-order valence-corrected chi connectivity index (χ4v) is 5.06. The van der Waals surface area contributed by atoms with Crippen LogP contribution in [0.2, 0.25) is 0 Å². The number of halogens is 1. The molecular weight excluding hydrogens is 466 g/mol. The maximum atomic E-state index is 10.9. The first-order chi connectivity index (χ1) is 15.5. The molecule has 0 saturated heterocycles. The minimum absolute atomic E-state index is 0.306. The van der Waals surface area contributed by atoms with Gasteiger partial charge in [0.1, 0.15) is 5.69 Å². The van der Waals surface area contributed by atoms with Crippen molar-refractivity contribution in [3.8, 4) is 22.6 Å². The van der Waals surface area contributed by atoms with E-state index >= 15 is 0 Å². The molecule has 2 aromatic heterocycles. The van der Waals surface area contributed by atoms with Crippen molar-refractivity contribution in [3.63, 3.8) is 0 Å². The molecule has 2 N–H and O–H groups in total. The van der Waals surface area contributed by atoms with Crippen LogP contribution in [0.3, 0.4) is 0 Å². The van der Waals surface area contributed by atoms with Gasteiger partial charge < -0.3 is 10.1 Å². The quantitative estimate of drug-likeness (QED) is 0.322. The van der Waals surface area contributed by atoms with Crippen molar-refractivity contribution in [2.24, 2.45) is 5.92 Å². The van der Waals surface area contributed by atoms with Crippen LogP contribution in [0.1, 0.15) is 43.6 Å². The second-order valence-corrected chi connectivity index (χ2v) is 9.53. The lowest BCUT2D eigenvalue weighted by molar-refractivity contribution is -0.138. The Morgan fingerprint density at radius 3 is 2.44 bits per heavy atom. The van der Waals surface area contributed by atoms with Gasteiger partial charge in [-0.1, -0.05) is 46.3 Å². The molecule has 2 aromatic carbocycles. The number of carboxylic acid groups (broad SMARTS) is 1. The zero-order valence-corrected chi connectivity index (χ0v) is 19.2. The molecule has 1 fully saturated rings. The van der Waals surface area contributed by atoms with E-state index in [1.165, 1.54) is 5.56 Å². The summed E-state index contributed by atoms with van der Waals surface area (Å²) in [7, 11) is 0. The van der Waals surface area contributed by atoms with Crippen molar-refractivity contribution >= 4 is 32.9 Å². The summed E-state index contributed by atoms with van der Waals surface area (Å²) in [6.45, 7) is 0. The fraction of sp³-hybridized carbons (Fsp3) is 0.269. The van der Waals surface area contributed by atoms with Crippen molar-refractivity contribution in [2.45, 2.75) is 38.0 Å². The number of nitrogens with one attached hydrogen (secondary N) is 1. The lowest BCUT2D eigenvalue weighted by atomic mass is 9.77. The Morgan fingerprint density at radius 2 is 1.75 bits per heavy atom. The predicted molar refractivity (Wildman–Crippen MR) is 129 cm³/mol. The van der Waals surface area contributed by atoms with Gasteiger partial charge in [0.2, 0.25) is 0 Å². The third-order valence-electron chi connectivity index (χ3n) is 6.48. The number of imidazole rings is 1. The average molecular weight is 490 g/mol. The number of H-pyrrole nitrogens is 1. The summed E-state index contributed by atoms with van der Waals surface area (Å²) in [6, 6.07) is 18.8. The van der Waals surface area contributed by atoms with Crippen LogP contribution >= 0.6 is 15.9 Å². The monoisotopic (exact) mass is 489 g/mol. The Kier molecular flexibility index (Phi) is 5.79. The highest BCUT2D eigenvalue weighted by Crippen LogP contribution is 2.37. The van der Waals surface area contributed by atoms with Gasteiger partial charge in [-0.2, -0.15) is 0 Å². The summed E-state index contributed by atoms with van der Waals surface area (Å²) in [4.78, 5) is 23.5. The topological polar surface area (TPSA) is 78.9 Å². The highest BCUT2D eigenvalue weighted by Gasteiger charge is 2.24. The molecule has 0 radical (unpaired) electrons. The van der Waals surface area contributed by atoms with Gasteiger partial charge in [-0.25, -0.2) is 4.98 Å². The summed E-state index contributed by atoms with van der Waals surface area (Å²) in [5.74, 6) is 0.952. The minimum atomic E-state index is -0.675. The first-order valence-electron chi connectivity index (χ1n) is 11.0. The molecule has 4 aromatic rings. The molecule has 6 heteroatoms. The van der Waals surface area contributed by atoms with Gasteiger partial charge in [-0.15, -0.1) is 0 Å². The van der Waals surface area contributed by atoms with Crippen LogP contribution in [0.4, 0.5) is 0 Å². The number of rotatable bonds is 5. The van der Waals surface area contributed by atoms with E-state index in [0.717, 1.165) is 63.8 Å². The molecule has 0 aliphatic heterocycles. The molecule has 1 aliphatic rings. The number of aliphatic carboxylic acids is 1. The molecule has 5 nitrogen and oxygen atoms in total. The number of nitrogens with zero attached hydrogens (tertiary/aromatic N) is 2. The number of carboxylic acids is 1. The highest BCUT2D eigenvalue weighted by molar-refractivity contribution is 9.10. The van der Waals surface area contributed by atoms with Crippen LogP contribution in [0.25, 0.3) is 33.7 Å². The smallest absolute Gasteiger partial charge is 0.303 e. The Hall–Kier alpha value is -2.99. The Morgan fingerprint density at radius 1 is 1.00 bits per heavy atom. The number of hydrogen-bond donors (Lipinski definition) is 2. The van der Waals surface area contributed by atoms with E-state index in [1.807, 2.05) is 30.5 Å². The number of fused-ring (bicyclic) bond motifs is 1. The molecule has 1 aliphatic carbocycles. The third kappa shape index (κ3) is 4.46. The van der Waals surface area contributed by atoms with E-state index in [4.69, 9.17) is 5.11 Å². The largest absolute Gasteiger partial charge is 0.481 e. The molecule has 0 unspecified atom stereocenters. The molecule has 0 amide bonds. The zero-order valence-electron chi connectivity index (χ0n) is 17.6. The van der Waals surface area contributed by atoms with E-state index in [0.29, 0.717) is 18.3 Å². The standard InChI is InChI=1S/C26H24BrN3O2/c27-21-10-12-22-24(14-21)30-26(29-22)23-11-9-20(15-28-23)19-7-5-18(6-8-19)17-3-1-16(2-4-17)13-25(31)32/h5-12,14-17H,1-4,13H2,(H,29,30)(H,31,32). The number of benzene rings is 2. The maximum absolute atomic E-state index is 10.9. The van der Waals surface area contributed by atoms with Crippen LogP contribution in [0.15, 0.2) is 65.3 Å². The summed E-state index contributed by atoms with van der Waals surface area (Å²) < 4.78 is 1.01. The van der Waals surface area contributed by atoms with Crippen LogP contribution in [0.5, 0.6) is 0 Å².